The molecule has 1 aromatic carbocycles. The van der Waals surface area contributed by atoms with Gasteiger partial charge in [-0.05, 0) is 99.7 Å². The highest BCUT2D eigenvalue weighted by molar-refractivity contribution is 5.28. The third-order valence-corrected chi connectivity index (χ3v) is 5.82. The quantitative estimate of drug-likeness (QED) is 0.602. The third kappa shape index (κ3) is 3.36. The summed E-state index contributed by atoms with van der Waals surface area (Å²) in [5, 5.41) is 0. The molecule has 0 heterocycles. The van der Waals surface area contributed by atoms with E-state index in [1.165, 1.54) is 32.6 Å². The molecule has 0 nitrogen and oxygen atoms in total. The molecule has 0 bridgehead atoms. The minimum absolute atomic E-state index is 0.139. The molecule has 120 valence electrons. The Hall–Kier alpha value is -0.920. The Morgan fingerprint density at radius 1 is 0.773 bits per heavy atom. The summed E-state index contributed by atoms with van der Waals surface area (Å²) in [4.78, 5) is 0. The van der Waals surface area contributed by atoms with Crippen molar-refractivity contribution >= 4 is 0 Å². The maximum Gasteiger partial charge on any atom is 0.129 e. The average molecular weight is 304 g/mol. The molecule has 0 aromatic heterocycles. The standard InChI is InChI=1S/C20H26F2/c1-13-3-5-15(6-4-13)16-7-9-17(10-8-16)18-11-19(21)14(2)20(22)12-18/h11-12,15,17H,3-10H2,1-2H3. The van der Waals surface area contributed by atoms with E-state index in [1.54, 1.807) is 24.0 Å². The first-order valence-electron chi connectivity index (χ1n) is 8.66. The summed E-state index contributed by atoms with van der Waals surface area (Å²) in [5.41, 5.74) is 0.994. The first-order chi connectivity index (χ1) is 10.5. The molecular weight excluding hydrogens is 278 g/mol. The lowest BCUT2D eigenvalue weighted by molar-refractivity contribution is 0.323. The summed E-state index contributed by atoms with van der Waals surface area (Å²) >= 11 is 0. The van der Waals surface area contributed by atoms with Crippen molar-refractivity contribution in [1.82, 2.24) is 0 Å². The summed E-state index contributed by atoms with van der Waals surface area (Å²) in [6.07, 6.45) is 9.60. The van der Waals surface area contributed by atoms with E-state index in [2.05, 4.69) is 6.92 Å². The Kier molecular flexibility index (Phi) is 4.84. The van der Waals surface area contributed by atoms with E-state index in [9.17, 15) is 8.78 Å². The van der Waals surface area contributed by atoms with E-state index in [1.807, 2.05) is 0 Å². The van der Waals surface area contributed by atoms with Gasteiger partial charge in [0.25, 0.3) is 0 Å². The number of halogens is 2. The van der Waals surface area contributed by atoms with Gasteiger partial charge in [-0.25, -0.2) is 8.78 Å². The topological polar surface area (TPSA) is 0 Å². The Labute approximate surface area is 133 Å². The summed E-state index contributed by atoms with van der Waals surface area (Å²) in [5.74, 6) is 3.69. The molecule has 22 heavy (non-hydrogen) atoms. The second kappa shape index (κ2) is 6.68. The summed E-state index contributed by atoms with van der Waals surface area (Å²) in [7, 11) is 0. The normalized spacial score (nSPS) is 23.1. The van der Waals surface area contributed by atoms with Gasteiger partial charge in [0.1, 0.15) is 11.6 Å². The molecule has 0 saturated heterocycles. The molecule has 0 unspecified atom stereocenters. The van der Waals surface area contributed by atoms with E-state index in [0.717, 1.165) is 37.2 Å². The lowest BCUT2D eigenvalue weighted by Crippen LogP contribution is -2.23. The number of rotatable bonds is 2. The van der Waals surface area contributed by atoms with Crippen LogP contribution in [0.15, 0.2) is 12.1 Å². The van der Waals surface area contributed by atoms with Gasteiger partial charge in [0.2, 0.25) is 0 Å². The van der Waals surface area contributed by atoms with E-state index >= 15 is 0 Å². The third-order valence-electron chi connectivity index (χ3n) is 5.82. The zero-order valence-electron chi connectivity index (χ0n) is 13.7. The fourth-order valence-corrected chi connectivity index (χ4v) is 4.15. The second-order valence-corrected chi connectivity index (χ2v) is 7.27. The largest absolute Gasteiger partial charge is 0.207 e. The van der Waals surface area contributed by atoms with Crippen molar-refractivity contribution in [3.05, 3.63) is 46.7 Å². The van der Waals surface area contributed by atoms with E-state index < -0.39 is 11.6 Å². The van der Waals surface area contributed by atoms with Crippen LogP contribution >= 0.6 is 0 Å². The van der Waals surface area contributed by atoms with Gasteiger partial charge in [-0.2, -0.15) is 0 Å². The van der Waals surface area contributed by atoms with Crippen LogP contribution in [0.2, 0.25) is 0 Å². The Bertz CT molecular complexity index is 483. The van der Waals surface area contributed by atoms with Crippen molar-refractivity contribution in [2.24, 2.45) is 5.92 Å². The molecule has 2 heteroatoms. The molecular formula is C20H26F2. The van der Waals surface area contributed by atoms with Gasteiger partial charge < -0.3 is 0 Å². The lowest BCUT2D eigenvalue weighted by atomic mass is 9.68. The molecule has 3 rings (SSSR count). The Morgan fingerprint density at radius 2 is 1.27 bits per heavy atom. The second-order valence-electron chi connectivity index (χ2n) is 7.27. The minimum Gasteiger partial charge on any atom is -0.207 e. The molecule has 1 aromatic rings. The van der Waals surface area contributed by atoms with Gasteiger partial charge in [-0.3, -0.25) is 0 Å². The van der Waals surface area contributed by atoms with Crippen molar-refractivity contribution in [3.63, 3.8) is 0 Å². The number of benzene rings is 1. The highest BCUT2D eigenvalue weighted by Gasteiger charge is 2.31. The summed E-state index contributed by atoms with van der Waals surface area (Å²) in [6, 6.07) is 3.10. The van der Waals surface area contributed by atoms with Crippen LogP contribution in [-0.2, 0) is 0 Å². The van der Waals surface area contributed by atoms with Crippen LogP contribution in [0, 0.1) is 36.3 Å². The van der Waals surface area contributed by atoms with Crippen molar-refractivity contribution in [3.8, 4) is 0 Å². The van der Waals surface area contributed by atoms with Crippen molar-refractivity contribution in [2.75, 3.05) is 0 Å². The van der Waals surface area contributed by atoms with Gasteiger partial charge in [0, 0.05) is 5.56 Å². The highest BCUT2D eigenvalue weighted by atomic mass is 19.1. The molecule has 0 amide bonds. The van der Waals surface area contributed by atoms with E-state index in [-0.39, 0.29) is 5.56 Å². The molecule has 2 fully saturated rings. The predicted molar refractivity (Wildman–Crippen MR) is 86.4 cm³/mol. The molecule has 0 N–H and O–H groups in total. The minimum atomic E-state index is -0.400. The summed E-state index contributed by atoms with van der Waals surface area (Å²) in [6.45, 7) is 3.78. The maximum absolute atomic E-state index is 13.8. The van der Waals surface area contributed by atoms with Crippen molar-refractivity contribution in [2.45, 2.75) is 71.1 Å². The SMILES string of the molecule is C[C]1CCC([C]2CCC(c3cc(F)c(C)c(F)c3)CC2)CC1. The number of hydrogen-bond acceptors (Lipinski definition) is 0. The van der Waals surface area contributed by atoms with Gasteiger partial charge in [-0.1, -0.05) is 6.92 Å². The van der Waals surface area contributed by atoms with Crippen LogP contribution in [0.1, 0.15) is 75.3 Å². The highest BCUT2D eigenvalue weighted by Crippen LogP contribution is 2.45. The molecule has 2 saturated carbocycles. The van der Waals surface area contributed by atoms with Crippen LogP contribution in [0.25, 0.3) is 0 Å². The zero-order valence-corrected chi connectivity index (χ0v) is 13.7. The molecule has 0 aliphatic heterocycles. The van der Waals surface area contributed by atoms with Gasteiger partial charge >= 0.3 is 0 Å². The first kappa shape index (κ1) is 16.0. The van der Waals surface area contributed by atoms with Crippen LogP contribution in [-0.4, -0.2) is 0 Å². The van der Waals surface area contributed by atoms with Gasteiger partial charge in [-0.15, -0.1) is 0 Å². The van der Waals surface area contributed by atoms with Crippen LogP contribution in [0.5, 0.6) is 0 Å². The first-order valence-corrected chi connectivity index (χ1v) is 8.66. The Balaban J connectivity index is 1.60. The smallest absolute Gasteiger partial charge is 0.129 e. The van der Waals surface area contributed by atoms with Crippen LogP contribution in [0.3, 0.4) is 0 Å². The summed E-state index contributed by atoms with van der Waals surface area (Å²) < 4.78 is 27.5. The zero-order chi connectivity index (χ0) is 15.7. The number of hydrogen-bond donors (Lipinski definition) is 0. The van der Waals surface area contributed by atoms with Crippen molar-refractivity contribution < 1.29 is 8.78 Å². The fourth-order valence-electron chi connectivity index (χ4n) is 4.15. The lowest BCUT2D eigenvalue weighted by Gasteiger charge is -2.37. The molecule has 0 spiro atoms. The average Bonchev–Trinajstić information content (AvgIpc) is 2.53. The maximum atomic E-state index is 13.8. The predicted octanol–water partition coefficient (Wildman–Crippen LogP) is 6.29. The monoisotopic (exact) mass is 304 g/mol. The van der Waals surface area contributed by atoms with E-state index in [0.29, 0.717) is 5.92 Å². The van der Waals surface area contributed by atoms with E-state index in [4.69, 9.17) is 0 Å². The van der Waals surface area contributed by atoms with Crippen LogP contribution in [0.4, 0.5) is 8.78 Å². The molecule has 0 atom stereocenters. The molecule has 2 aliphatic rings. The fraction of sp³-hybridized carbons (Fsp3) is 0.600. The molecule has 2 aliphatic carbocycles. The van der Waals surface area contributed by atoms with Gasteiger partial charge in [0.05, 0.1) is 0 Å². The van der Waals surface area contributed by atoms with Gasteiger partial charge in [0.15, 0.2) is 0 Å². The van der Waals surface area contributed by atoms with Crippen molar-refractivity contribution in [1.29, 1.82) is 0 Å². The van der Waals surface area contributed by atoms with Crippen LogP contribution < -0.4 is 0 Å². The molecule has 2 radical (unpaired) electrons. The Morgan fingerprint density at radius 3 is 1.82 bits per heavy atom.